The molecule has 3 nitrogen and oxygen atoms in total. The molecule has 0 unspecified atom stereocenters. The van der Waals surface area contributed by atoms with Crippen LogP contribution in [0.1, 0.15) is 37.4 Å². The Bertz CT molecular complexity index is 336. The summed E-state index contributed by atoms with van der Waals surface area (Å²) >= 11 is 7.14. The predicted octanol–water partition coefficient (Wildman–Crippen LogP) is 2.73. The first-order chi connectivity index (χ1) is 7.69. The van der Waals surface area contributed by atoms with E-state index in [-0.39, 0.29) is 11.9 Å². The highest BCUT2D eigenvalue weighted by Crippen LogP contribution is 2.12. The Morgan fingerprint density at radius 3 is 2.75 bits per heavy atom. The second-order valence-corrected chi connectivity index (χ2v) is 4.83. The average Bonchev–Trinajstić information content (AvgIpc) is 2.73. The number of aromatic nitrogens is 1. The SMILES string of the molecule is CCC(CC)NC(=O)Cc1nc(CCl)cs1. The molecule has 1 aromatic heterocycles. The summed E-state index contributed by atoms with van der Waals surface area (Å²) < 4.78 is 0. The van der Waals surface area contributed by atoms with E-state index in [1.165, 1.54) is 11.3 Å². The van der Waals surface area contributed by atoms with Crippen LogP contribution in [0.4, 0.5) is 0 Å². The van der Waals surface area contributed by atoms with Gasteiger partial charge in [0.2, 0.25) is 5.91 Å². The molecule has 1 rings (SSSR count). The van der Waals surface area contributed by atoms with Gasteiger partial charge in [0, 0.05) is 11.4 Å². The van der Waals surface area contributed by atoms with Crippen LogP contribution >= 0.6 is 22.9 Å². The molecule has 0 radical (unpaired) electrons. The summed E-state index contributed by atoms with van der Waals surface area (Å²) in [7, 11) is 0. The highest BCUT2D eigenvalue weighted by atomic mass is 35.5. The van der Waals surface area contributed by atoms with Crippen LogP contribution in [0.5, 0.6) is 0 Å². The van der Waals surface area contributed by atoms with Gasteiger partial charge in [-0.3, -0.25) is 4.79 Å². The third kappa shape index (κ3) is 4.10. The smallest absolute Gasteiger partial charge is 0.227 e. The van der Waals surface area contributed by atoms with Crippen molar-refractivity contribution in [3.8, 4) is 0 Å². The topological polar surface area (TPSA) is 42.0 Å². The van der Waals surface area contributed by atoms with Crippen molar-refractivity contribution in [1.29, 1.82) is 0 Å². The van der Waals surface area contributed by atoms with E-state index >= 15 is 0 Å². The number of nitrogens with zero attached hydrogens (tertiary/aromatic N) is 1. The number of alkyl halides is 1. The third-order valence-electron chi connectivity index (χ3n) is 2.40. The van der Waals surface area contributed by atoms with E-state index in [2.05, 4.69) is 24.1 Å². The van der Waals surface area contributed by atoms with Crippen LogP contribution in [0.25, 0.3) is 0 Å². The fraction of sp³-hybridized carbons (Fsp3) is 0.636. The summed E-state index contributed by atoms with van der Waals surface area (Å²) in [6.45, 7) is 4.15. The first kappa shape index (κ1) is 13.5. The van der Waals surface area contributed by atoms with E-state index in [0.717, 1.165) is 23.5 Å². The standard InChI is InChI=1S/C11H17ClN2OS/c1-3-8(4-2)13-10(15)5-11-14-9(6-12)7-16-11/h7-8H,3-6H2,1-2H3,(H,13,15). The summed E-state index contributed by atoms with van der Waals surface area (Å²) in [5.74, 6) is 0.453. The Labute approximate surface area is 105 Å². The van der Waals surface area contributed by atoms with Gasteiger partial charge in [-0.05, 0) is 12.8 Å². The quantitative estimate of drug-likeness (QED) is 0.799. The summed E-state index contributed by atoms with van der Waals surface area (Å²) in [6, 6.07) is 0.278. The second kappa shape index (κ2) is 6.86. The van der Waals surface area contributed by atoms with Gasteiger partial charge in [0.1, 0.15) is 5.01 Å². The fourth-order valence-electron chi connectivity index (χ4n) is 1.40. The fourth-order valence-corrected chi connectivity index (χ4v) is 2.42. The molecule has 90 valence electrons. The molecule has 0 bridgehead atoms. The monoisotopic (exact) mass is 260 g/mol. The molecule has 0 saturated heterocycles. The van der Waals surface area contributed by atoms with Crippen molar-refractivity contribution in [2.45, 2.75) is 45.0 Å². The molecule has 0 spiro atoms. The van der Waals surface area contributed by atoms with Crippen LogP contribution in [0.2, 0.25) is 0 Å². The molecular formula is C11H17ClN2OS. The number of carbonyl (C=O) groups is 1. The Morgan fingerprint density at radius 2 is 2.25 bits per heavy atom. The Balaban J connectivity index is 2.44. The molecule has 0 aromatic carbocycles. The summed E-state index contributed by atoms with van der Waals surface area (Å²) in [4.78, 5) is 15.9. The average molecular weight is 261 g/mol. The third-order valence-corrected chi connectivity index (χ3v) is 3.57. The Morgan fingerprint density at radius 1 is 1.56 bits per heavy atom. The molecule has 16 heavy (non-hydrogen) atoms. The number of rotatable bonds is 6. The van der Waals surface area contributed by atoms with Crippen LogP contribution in [-0.2, 0) is 17.1 Å². The summed E-state index contributed by atoms with van der Waals surface area (Å²) in [5, 5.41) is 5.71. The predicted molar refractivity (Wildman–Crippen MR) is 67.9 cm³/mol. The van der Waals surface area contributed by atoms with Gasteiger partial charge < -0.3 is 5.32 Å². The first-order valence-electron chi connectivity index (χ1n) is 5.48. The van der Waals surface area contributed by atoms with Crippen molar-refractivity contribution in [2.24, 2.45) is 0 Å². The van der Waals surface area contributed by atoms with E-state index in [1.807, 2.05) is 5.38 Å². The minimum Gasteiger partial charge on any atom is -0.353 e. The molecule has 0 fully saturated rings. The number of halogens is 1. The normalized spacial score (nSPS) is 10.8. The van der Waals surface area contributed by atoms with Crippen LogP contribution < -0.4 is 5.32 Å². The van der Waals surface area contributed by atoms with Gasteiger partial charge in [-0.25, -0.2) is 4.98 Å². The van der Waals surface area contributed by atoms with Crippen molar-refractivity contribution in [1.82, 2.24) is 10.3 Å². The number of amides is 1. The minimum absolute atomic E-state index is 0.0455. The first-order valence-corrected chi connectivity index (χ1v) is 6.89. The molecular weight excluding hydrogens is 244 g/mol. The van der Waals surface area contributed by atoms with E-state index < -0.39 is 0 Å². The molecule has 0 aliphatic carbocycles. The maximum absolute atomic E-state index is 11.7. The Kier molecular flexibility index (Phi) is 5.77. The maximum Gasteiger partial charge on any atom is 0.227 e. The van der Waals surface area contributed by atoms with E-state index in [0.29, 0.717) is 12.3 Å². The van der Waals surface area contributed by atoms with Gasteiger partial charge in [-0.15, -0.1) is 22.9 Å². The number of carbonyl (C=O) groups excluding carboxylic acids is 1. The lowest BCUT2D eigenvalue weighted by Crippen LogP contribution is -2.34. The van der Waals surface area contributed by atoms with Crippen LogP contribution in [-0.4, -0.2) is 16.9 Å². The summed E-state index contributed by atoms with van der Waals surface area (Å²) in [6.07, 6.45) is 2.29. The number of hydrogen-bond acceptors (Lipinski definition) is 3. The highest BCUT2D eigenvalue weighted by molar-refractivity contribution is 7.09. The zero-order chi connectivity index (χ0) is 12.0. The van der Waals surface area contributed by atoms with Crippen LogP contribution in [0, 0.1) is 0 Å². The summed E-state index contributed by atoms with van der Waals surface area (Å²) in [5.41, 5.74) is 0.844. The number of thiazole rings is 1. The van der Waals surface area contributed by atoms with Crippen LogP contribution in [0.15, 0.2) is 5.38 Å². The lowest BCUT2D eigenvalue weighted by Gasteiger charge is -2.13. The molecule has 1 N–H and O–H groups in total. The lowest BCUT2D eigenvalue weighted by molar-refractivity contribution is -0.121. The van der Waals surface area contributed by atoms with Crippen molar-refractivity contribution in [3.63, 3.8) is 0 Å². The molecule has 5 heteroatoms. The lowest BCUT2D eigenvalue weighted by atomic mass is 10.1. The molecule has 0 aliphatic rings. The zero-order valence-corrected chi connectivity index (χ0v) is 11.2. The Hall–Kier alpha value is -0.610. The number of hydrogen-bond donors (Lipinski definition) is 1. The molecule has 1 amide bonds. The van der Waals surface area contributed by atoms with Crippen molar-refractivity contribution < 1.29 is 4.79 Å². The molecule has 0 atom stereocenters. The van der Waals surface area contributed by atoms with Gasteiger partial charge in [-0.1, -0.05) is 13.8 Å². The van der Waals surface area contributed by atoms with E-state index in [4.69, 9.17) is 11.6 Å². The van der Waals surface area contributed by atoms with Gasteiger partial charge in [-0.2, -0.15) is 0 Å². The largest absolute Gasteiger partial charge is 0.353 e. The molecule has 0 aliphatic heterocycles. The number of nitrogens with one attached hydrogen (secondary N) is 1. The van der Waals surface area contributed by atoms with Gasteiger partial charge in [0.05, 0.1) is 18.0 Å². The van der Waals surface area contributed by atoms with Crippen LogP contribution in [0.3, 0.4) is 0 Å². The molecule has 0 saturated carbocycles. The van der Waals surface area contributed by atoms with E-state index in [9.17, 15) is 4.79 Å². The highest BCUT2D eigenvalue weighted by Gasteiger charge is 2.11. The zero-order valence-electron chi connectivity index (χ0n) is 9.62. The van der Waals surface area contributed by atoms with E-state index in [1.54, 1.807) is 0 Å². The van der Waals surface area contributed by atoms with Crippen molar-refractivity contribution in [3.05, 3.63) is 16.1 Å². The van der Waals surface area contributed by atoms with Gasteiger partial charge in [0.15, 0.2) is 0 Å². The minimum atomic E-state index is 0.0455. The molecule has 1 heterocycles. The van der Waals surface area contributed by atoms with Gasteiger partial charge in [0.25, 0.3) is 0 Å². The molecule has 1 aromatic rings. The maximum atomic E-state index is 11.7. The van der Waals surface area contributed by atoms with Crippen molar-refractivity contribution >= 4 is 28.8 Å². The van der Waals surface area contributed by atoms with Crippen molar-refractivity contribution in [2.75, 3.05) is 0 Å². The van der Waals surface area contributed by atoms with Gasteiger partial charge >= 0.3 is 0 Å². The second-order valence-electron chi connectivity index (χ2n) is 3.62.